The summed E-state index contributed by atoms with van der Waals surface area (Å²) in [5.41, 5.74) is 5.28. The number of fused-ring (bicyclic) bond motifs is 4. The van der Waals surface area contributed by atoms with Gasteiger partial charge in [0, 0.05) is 41.1 Å². The summed E-state index contributed by atoms with van der Waals surface area (Å²) in [4.78, 5) is 15.0. The van der Waals surface area contributed by atoms with E-state index in [4.69, 9.17) is 0 Å². The molecule has 2 atom stereocenters. The number of benzene rings is 4. The lowest BCUT2D eigenvalue weighted by molar-refractivity contribution is 0.0310. The molecule has 0 amide bonds. The van der Waals surface area contributed by atoms with E-state index in [-0.39, 0.29) is 11.0 Å². The van der Waals surface area contributed by atoms with Gasteiger partial charge in [-0.2, -0.15) is 0 Å². The molecule has 226 valence electrons. The molecule has 2 aliphatic rings. The third-order valence-corrected chi connectivity index (χ3v) is 11.1. The summed E-state index contributed by atoms with van der Waals surface area (Å²) in [6, 6.07) is 31.3. The van der Waals surface area contributed by atoms with Crippen molar-refractivity contribution in [1.29, 1.82) is 0 Å². The van der Waals surface area contributed by atoms with E-state index in [2.05, 4.69) is 44.1 Å². The molecule has 2 aromatic heterocycles. The highest BCUT2D eigenvalue weighted by Gasteiger charge is 2.39. The molecule has 8 rings (SSSR count). The SMILES string of the molecule is O=S(=O)(c1ccccc1)N(c1ccc2[nH]ccc2c1)c1ncnc2ccc(-c3ccc(CN4C5CCC4CC(O)C5)cc3)cc12. The second-order valence-corrected chi connectivity index (χ2v) is 13.9. The predicted molar refractivity (Wildman–Crippen MR) is 177 cm³/mol. The van der Waals surface area contributed by atoms with Crippen LogP contribution in [0, 0.1) is 0 Å². The third kappa shape index (κ3) is 5.07. The molecule has 4 aromatic carbocycles. The summed E-state index contributed by atoms with van der Waals surface area (Å²) in [5, 5.41) is 11.7. The molecule has 0 aliphatic carbocycles. The molecule has 4 heterocycles. The molecule has 45 heavy (non-hydrogen) atoms. The standard InChI is InChI=1S/C36H33N5O3S/c42-31-20-28-11-12-29(21-31)40(28)22-24-6-8-25(9-7-24)26-10-14-35-33(19-26)36(39-23-38-35)41(45(43,44)32-4-2-1-3-5-32)30-13-15-34-27(18-30)16-17-37-34/h1-10,13-19,23,28-29,31,37,42H,11-12,20-22H2. The number of rotatable bonds is 7. The Balaban J connectivity index is 1.18. The Morgan fingerprint density at radius 1 is 0.844 bits per heavy atom. The Hall–Kier alpha value is -4.57. The fourth-order valence-electron chi connectivity index (χ4n) is 7.14. The Labute approximate surface area is 262 Å². The molecule has 0 spiro atoms. The van der Waals surface area contributed by atoms with Crippen LogP contribution in [-0.4, -0.2) is 51.6 Å². The average molecular weight is 616 g/mol. The molecule has 2 aliphatic heterocycles. The van der Waals surface area contributed by atoms with Gasteiger partial charge in [0.15, 0.2) is 5.82 Å². The summed E-state index contributed by atoms with van der Waals surface area (Å²) < 4.78 is 30.0. The fourth-order valence-corrected chi connectivity index (χ4v) is 8.62. The van der Waals surface area contributed by atoms with Gasteiger partial charge < -0.3 is 10.1 Å². The largest absolute Gasteiger partial charge is 0.393 e. The molecule has 2 bridgehead atoms. The van der Waals surface area contributed by atoms with Crippen molar-refractivity contribution in [1.82, 2.24) is 19.9 Å². The number of nitrogens with zero attached hydrogens (tertiary/aromatic N) is 4. The molecule has 2 unspecified atom stereocenters. The maximum absolute atomic E-state index is 14.3. The number of aliphatic hydroxyl groups excluding tert-OH is 1. The van der Waals surface area contributed by atoms with Gasteiger partial charge in [0.2, 0.25) is 0 Å². The van der Waals surface area contributed by atoms with Crippen molar-refractivity contribution in [2.75, 3.05) is 4.31 Å². The zero-order valence-corrected chi connectivity index (χ0v) is 25.4. The van der Waals surface area contributed by atoms with Crippen LogP contribution in [0.5, 0.6) is 0 Å². The number of aliphatic hydroxyl groups is 1. The van der Waals surface area contributed by atoms with Crippen LogP contribution in [0.2, 0.25) is 0 Å². The number of H-pyrrole nitrogens is 1. The van der Waals surface area contributed by atoms with Gasteiger partial charge in [-0.15, -0.1) is 0 Å². The highest BCUT2D eigenvalue weighted by atomic mass is 32.2. The summed E-state index contributed by atoms with van der Waals surface area (Å²) in [7, 11) is -4.04. The van der Waals surface area contributed by atoms with Gasteiger partial charge in [-0.05, 0) is 90.9 Å². The van der Waals surface area contributed by atoms with E-state index in [1.165, 1.54) is 16.2 Å². The lowest BCUT2D eigenvalue weighted by Gasteiger charge is -2.37. The van der Waals surface area contributed by atoms with Crippen molar-refractivity contribution < 1.29 is 13.5 Å². The lowest BCUT2D eigenvalue weighted by Crippen LogP contribution is -2.44. The van der Waals surface area contributed by atoms with E-state index in [9.17, 15) is 13.5 Å². The van der Waals surface area contributed by atoms with Gasteiger partial charge in [-0.3, -0.25) is 4.90 Å². The van der Waals surface area contributed by atoms with E-state index < -0.39 is 10.0 Å². The van der Waals surface area contributed by atoms with E-state index in [1.54, 1.807) is 36.4 Å². The minimum atomic E-state index is -4.04. The van der Waals surface area contributed by atoms with Gasteiger partial charge in [0.1, 0.15) is 6.33 Å². The number of sulfonamides is 1. The number of piperidine rings is 1. The Kier molecular flexibility index (Phi) is 6.89. The molecular formula is C36H33N5O3S. The minimum absolute atomic E-state index is 0.168. The van der Waals surface area contributed by atoms with Gasteiger partial charge in [-0.1, -0.05) is 48.5 Å². The second kappa shape index (κ2) is 11.1. The second-order valence-electron chi connectivity index (χ2n) is 12.1. The molecule has 0 radical (unpaired) electrons. The van der Waals surface area contributed by atoms with Crippen LogP contribution in [0.25, 0.3) is 32.9 Å². The number of aromatic nitrogens is 3. The molecule has 2 fully saturated rings. The molecule has 8 nitrogen and oxygen atoms in total. The monoisotopic (exact) mass is 615 g/mol. The Morgan fingerprint density at radius 3 is 2.38 bits per heavy atom. The average Bonchev–Trinajstić information content (AvgIpc) is 3.62. The first-order valence-electron chi connectivity index (χ1n) is 15.4. The van der Waals surface area contributed by atoms with Crippen LogP contribution in [0.4, 0.5) is 11.5 Å². The third-order valence-electron chi connectivity index (χ3n) is 9.37. The first kappa shape index (κ1) is 27.9. The highest BCUT2D eigenvalue weighted by Crippen LogP contribution is 2.39. The summed E-state index contributed by atoms with van der Waals surface area (Å²) in [6.07, 6.45) is 7.15. The molecule has 9 heteroatoms. The number of aromatic amines is 1. The van der Waals surface area contributed by atoms with Crippen molar-refractivity contribution in [2.45, 2.75) is 55.3 Å². The lowest BCUT2D eigenvalue weighted by atomic mass is 9.98. The van der Waals surface area contributed by atoms with E-state index in [0.29, 0.717) is 34.5 Å². The van der Waals surface area contributed by atoms with Gasteiger partial charge >= 0.3 is 0 Å². The van der Waals surface area contributed by atoms with Crippen LogP contribution < -0.4 is 4.31 Å². The van der Waals surface area contributed by atoms with E-state index >= 15 is 0 Å². The van der Waals surface area contributed by atoms with E-state index in [0.717, 1.165) is 54.3 Å². The van der Waals surface area contributed by atoms with Gasteiger partial charge in [-0.25, -0.2) is 22.7 Å². The van der Waals surface area contributed by atoms with Crippen molar-refractivity contribution in [3.8, 4) is 11.1 Å². The Morgan fingerprint density at radius 2 is 1.60 bits per heavy atom. The Bertz CT molecular complexity index is 2100. The normalized spacial score (nSPS) is 20.2. The van der Waals surface area contributed by atoms with Crippen LogP contribution in [0.15, 0.2) is 114 Å². The van der Waals surface area contributed by atoms with Gasteiger partial charge in [0.05, 0.1) is 22.2 Å². The van der Waals surface area contributed by atoms with Crippen LogP contribution in [0.3, 0.4) is 0 Å². The van der Waals surface area contributed by atoms with Crippen molar-refractivity contribution >= 4 is 43.3 Å². The molecule has 6 aromatic rings. The van der Waals surface area contributed by atoms with Gasteiger partial charge in [0.25, 0.3) is 10.0 Å². The predicted octanol–water partition coefficient (Wildman–Crippen LogP) is 6.79. The highest BCUT2D eigenvalue weighted by molar-refractivity contribution is 7.93. The number of hydrogen-bond donors (Lipinski definition) is 2. The number of anilines is 2. The number of nitrogens with one attached hydrogen (secondary N) is 1. The molecule has 2 saturated heterocycles. The maximum atomic E-state index is 14.3. The maximum Gasteiger partial charge on any atom is 0.269 e. The number of hydrogen-bond acceptors (Lipinski definition) is 6. The molecule has 2 N–H and O–H groups in total. The molecule has 0 saturated carbocycles. The van der Waals surface area contributed by atoms with Crippen molar-refractivity contribution in [3.63, 3.8) is 0 Å². The molecular weight excluding hydrogens is 582 g/mol. The first-order valence-corrected chi connectivity index (χ1v) is 16.8. The summed E-state index contributed by atoms with van der Waals surface area (Å²) in [5.74, 6) is 0.292. The fraction of sp³-hybridized carbons (Fsp3) is 0.222. The van der Waals surface area contributed by atoms with Crippen molar-refractivity contribution in [2.24, 2.45) is 0 Å². The smallest absolute Gasteiger partial charge is 0.269 e. The van der Waals surface area contributed by atoms with Crippen LogP contribution >= 0.6 is 0 Å². The quantitative estimate of drug-likeness (QED) is 0.205. The zero-order valence-electron chi connectivity index (χ0n) is 24.6. The topological polar surface area (TPSA) is 102 Å². The summed E-state index contributed by atoms with van der Waals surface area (Å²) >= 11 is 0. The zero-order chi connectivity index (χ0) is 30.5. The minimum Gasteiger partial charge on any atom is -0.393 e. The first-order chi connectivity index (χ1) is 21.9. The van der Waals surface area contributed by atoms with Crippen LogP contribution in [-0.2, 0) is 16.6 Å². The van der Waals surface area contributed by atoms with Crippen molar-refractivity contribution in [3.05, 3.63) is 115 Å². The van der Waals surface area contributed by atoms with Crippen LogP contribution in [0.1, 0.15) is 31.2 Å². The van der Waals surface area contributed by atoms with E-state index in [1.807, 2.05) is 42.6 Å². The summed E-state index contributed by atoms with van der Waals surface area (Å²) in [6.45, 7) is 0.885.